The molecule has 3 aromatic carbocycles. The molecule has 0 nitrogen and oxygen atoms in total. The normalized spacial score (nSPS) is 19.6. The first-order chi connectivity index (χ1) is 13.5. The second kappa shape index (κ2) is 7.95. The van der Waals surface area contributed by atoms with Crippen molar-refractivity contribution in [3.8, 4) is 22.3 Å². The van der Waals surface area contributed by atoms with E-state index in [0.717, 1.165) is 11.8 Å². The average molecular weight is 369 g/mol. The molecule has 0 unspecified atom stereocenters. The van der Waals surface area contributed by atoms with Crippen molar-refractivity contribution in [2.75, 3.05) is 0 Å². The van der Waals surface area contributed by atoms with Gasteiger partial charge in [-0.3, -0.25) is 0 Å². The number of aryl methyl sites for hydroxylation is 3. The van der Waals surface area contributed by atoms with E-state index in [-0.39, 0.29) is 0 Å². The maximum absolute atomic E-state index is 2.40. The molecule has 0 radical (unpaired) electrons. The van der Waals surface area contributed by atoms with Gasteiger partial charge in [-0.1, -0.05) is 86.0 Å². The SMILES string of the molecule is Cc1ccc(-c2ccc(-c3ccc(C4CCC(C)CC4)c(C)c3)cc2)c(C)c1. The molecule has 0 N–H and O–H groups in total. The standard InChI is InChI=1S/C28H32/c1-19-5-8-24(9-6-19)28-16-14-26(18-22(28)4)23-10-12-25(13-11-23)27-15-7-20(2)17-21(27)3/h7,10-19,24H,5-6,8-9H2,1-4H3. The van der Waals surface area contributed by atoms with Crippen molar-refractivity contribution < 1.29 is 0 Å². The van der Waals surface area contributed by atoms with Crippen molar-refractivity contribution in [3.63, 3.8) is 0 Å². The minimum atomic E-state index is 0.761. The van der Waals surface area contributed by atoms with Crippen LogP contribution in [-0.4, -0.2) is 0 Å². The van der Waals surface area contributed by atoms with Gasteiger partial charge < -0.3 is 0 Å². The fraction of sp³-hybridized carbons (Fsp3) is 0.357. The molecule has 1 fully saturated rings. The second-order valence-electron chi connectivity index (χ2n) is 8.92. The zero-order valence-corrected chi connectivity index (χ0v) is 17.8. The van der Waals surface area contributed by atoms with Gasteiger partial charge in [0.2, 0.25) is 0 Å². The van der Waals surface area contributed by atoms with Crippen LogP contribution in [0.1, 0.15) is 60.8 Å². The van der Waals surface area contributed by atoms with Gasteiger partial charge in [0.05, 0.1) is 0 Å². The van der Waals surface area contributed by atoms with Crippen molar-refractivity contribution >= 4 is 0 Å². The quantitative estimate of drug-likeness (QED) is 0.436. The van der Waals surface area contributed by atoms with Crippen molar-refractivity contribution in [3.05, 3.63) is 82.9 Å². The highest BCUT2D eigenvalue weighted by Gasteiger charge is 2.21. The monoisotopic (exact) mass is 368 g/mol. The van der Waals surface area contributed by atoms with Crippen LogP contribution in [0.5, 0.6) is 0 Å². The number of hydrogen-bond acceptors (Lipinski definition) is 0. The maximum atomic E-state index is 2.40. The summed E-state index contributed by atoms with van der Waals surface area (Å²) in [4.78, 5) is 0. The molecule has 0 heteroatoms. The van der Waals surface area contributed by atoms with Gasteiger partial charge in [-0.2, -0.15) is 0 Å². The lowest BCUT2D eigenvalue weighted by Crippen LogP contribution is -2.11. The molecule has 0 aromatic heterocycles. The molecular weight excluding hydrogens is 336 g/mol. The van der Waals surface area contributed by atoms with Crippen LogP contribution in [0.3, 0.4) is 0 Å². The Morgan fingerprint density at radius 1 is 0.607 bits per heavy atom. The van der Waals surface area contributed by atoms with E-state index in [4.69, 9.17) is 0 Å². The summed E-state index contributed by atoms with van der Waals surface area (Å²) in [5, 5.41) is 0. The lowest BCUT2D eigenvalue weighted by atomic mass is 9.78. The van der Waals surface area contributed by atoms with Crippen LogP contribution in [0.2, 0.25) is 0 Å². The van der Waals surface area contributed by atoms with Crippen LogP contribution >= 0.6 is 0 Å². The summed E-state index contributed by atoms with van der Waals surface area (Å²) in [5.74, 6) is 1.67. The lowest BCUT2D eigenvalue weighted by molar-refractivity contribution is 0.347. The molecule has 0 bridgehead atoms. The van der Waals surface area contributed by atoms with Crippen LogP contribution < -0.4 is 0 Å². The van der Waals surface area contributed by atoms with E-state index in [9.17, 15) is 0 Å². The predicted molar refractivity (Wildman–Crippen MR) is 122 cm³/mol. The molecule has 1 aliphatic rings. The Bertz CT molecular complexity index is 954. The molecule has 0 saturated heterocycles. The zero-order valence-electron chi connectivity index (χ0n) is 17.8. The van der Waals surface area contributed by atoms with Crippen LogP contribution in [-0.2, 0) is 0 Å². The highest BCUT2D eigenvalue weighted by atomic mass is 14.3. The highest BCUT2D eigenvalue weighted by Crippen LogP contribution is 2.38. The fourth-order valence-electron chi connectivity index (χ4n) is 4.86. The summed E-state index contributed by atoms with van der Waals surface area (Å²) in [6.07, 6.45) is 5.47. The molecule has 0 aliphatic heterocycles. The minimum absolute atomic E-state index is 0.761. The van der Waals surface area contributed by atoms with Gasteiger partial charge in [0.25, 0.3) is 0 Å². The van der Waals surface area contributed by atoms with E-state index in [1.807, 2.05) is 0 Å². The number of benzene rings is 3. The molecule has 1 aliphatic carbocycles. The minimum Gasteiger partial charge on any atom is -0.0625 e. The third-order valence-electron chi connectivity index (χ3n) is 6.64. The summed E-state index contributed by atoms with van der Waals surface area (Å²) in [7, 11) is 0. The molecule has 0 amide bonds. The summed E-state index contributed by atoms with van der Waals surface area (Å²) in [5.41, 5.74) is 11.0. The Hall–Kier alpha value is -2.34. The molecule has 4 rings (SSSR count). The van der Waals surface area contributed by atoms with Crippen LogP contribution in [0.25, 0.3) is 22.3 Å². The van der Waals surface area contributed by atoms with Gasteiger partial charge in [-0.15, -0.1) is 0 Å². The predicted octanol–water partition coefficient (Wildman–Crippen LogP) is 8.24. The van der Waals surface area contributed by atoms with Crippen LogP contribution in [0.4, 0.5) is 0 Å². The zero-order chi connectivity index (χ0) is 19.7. The Kier molecular flexibility index (Phi) is 5.40. The Labute approximate surface area is 170 Å². The first-order valence-electron chi connectivity index (χ1n) is 10.8. The van der Waals surface area contributed by atoms with Crippen LogP contribution in [0, 0.1) is 26.7 Å². The summed E-state index contributed by atoms with van der Waals surface area (Å²) < 4.78 is 0. The van der Waals surface area contributed by atoms with Crippen LogP contribution in [0.15, 0.2) is 60.7 Å². The molecule has 1 saturated carbocycles. The molecule has 3 aromatic rings. The van der Waals surface area contributed by atoms with E-state index in [0.29, 0.717) is 0 Å². The maximum Gasteiger partial charge on any atom is -0.0155 e. The van der Waals surface area contributed by atoms with Gasteiger partial charge in [0.15, 0.2) is 0 Å². The third-order valence-corrected chi connectivity index (χ3v) is 6.64. The number of rotatable bonds is 3. The van der Waals surface area contributed by atoms with Gasteiger partial charge in [-0.25, -0.2) is 0 Å². The third kappa shape index (κ3) is 3.92. The van der Waals surface area contributed by atoms with Crippen molar-refractivity contribution in [1.82, 2.24) is 0 Å². The Morgan fingerprint density at radius 3 is 1.89 bits per heavy atom. The smallest absolute Gasteiger partial charge is 0.0155 e. The summed E-state index contributed by atoms with van der Waals surface area (Å²) in [6.45, 7) is 9.04. The topological polar surface area (TPSA) is 0 Å². The van der Waals surface area contributed by atoms with E-state index in [1.54, 1.807) is 5.56 Å². The Morgan fingerprint density at radius 2 is 1.25 bits per heavy atom. The van der Waals surface area contributed by atoms with Crippen molar-refractivity contribution in [2.24, 2.45) is 5.92 Å². The molecule has 28 heavy (non-hydrogen) atoms. The first kappa shape index (κ1) is 19.0. The molecule has 0 heterocycles. The van der Waals surface area contributed by atoms with E-state index >= 15 is 0 Å². The van der Waals surface area contributed by atoms with Gasteiger partial charge in [0, 0.05) is 0 Å². The highest BCUT2D eigenvalue weighted by molar-refractivity contribution is 5.73. The van der Waals surface area contributed by atoms with E-state index in [2.05, 4.69) is 88.4 Å². The lowest BCUT2D eigenvalue weighted by Gasteiger charge is -2.27. The van der Waals surface area contributed by atoms with Gasteiger partial charge >= 0.3 is 0 Å². The first-order valence-corrected chi connectivity index (χ1v) is 10.8. The second-order valence-corrected chi connectivity index (χ2v) is 8.92. The summed E-state index contributed by atoms with van der Waals surface area (Å²) >= 11 is 0. The fourth-order valence-corrected chi connectivity index (χ4v) is 4.86. The van der Waals surface area contributed by atoms with Crippen molar-refractivity contribution in [2.45, 2.75) is 59.3 Å². The van der Waals surface area contributed by atoms with Crippen molar-refractivity contribution in [1.29, 1.82) is 0 Å². The average Bonchev–Trinajstić information content (AvgIpc) is 2.69. The van der Waals surface area contributed by atoms with E-state index in [1.165, 1.54) is 64.6 Å². The van der Waals surface area contributed by atoms with E-state index < -0.39 is 0 Å². The number of hydrogen-bond donors (Lipinski definition) is 0. The molecular formula is C28H32. The molecule has 144 valence electrons. The molecule has 0 spiro atoms. The largest absolute Gasteiger partial charge is 0.0625 e. The van der Waals surface area contributed by atoms with Gasteiger partial charge in [-0.05, 0) is 84.4 Å². The molecule has 0 atom stereocenters. The Balaban J connectivity index is 1.57. The van der Waals surface area contributed by atoms with Gasteiger partial charge in [0.1, 0.15) is 0 Å². The summed E-state index contributed by atoms with van der Waals surface area (Å²) in [6, 6.07) is 22.9.